The van der Waals surface area contributed by atoms with Crippen LogP contribution in [0.15, 0.2) is 158 Å². The molecular weight excluding hydrogens is 1930 g/mol. The van der Waals surface area contributed by atoms with Crippen LogP contribution in [0.5, 0.6) is 5.75 Å². The fourth-order valence-corrected chi connectivity index (χ4v) is 30.5. The molecule has 9 aromatic rings. The summed E-state index contributed by atoms with van der Waals surface area (Å²) in [7, 11) is 34.3. The van der Waals surface area contributed by atoms with Gasteiger partial charge in [0, 0.05) is 96.2 Å². The number of ether oxygens (including phenoxy) is 1. The molecular formula is C107H146Cl6N6OPRu3+. The Morgan fingerprint density at radius 2 is 0.500 bits per heavy atom. The van der Waals surface area contributed by atoms with Crippen molar-refractivity contribution in [3.8, 4) is 5.75 Å². The summed E-state index contributed by atoms with van der Waals surface area (Å²) in [5.41, 5.74) is 39.5. The molecule has 17 heteroatoms. The van der Waals surface area contributed by atoms with E-state index in [-0.39, 0.29) is 28.9 Å². The molecule has 9 aromatic carbocycles. The van der Waals surface area contributed by atoms with Gasteiger partial charge in [0.05, 0.1) is 17.0 Å². The van der Waals surface area contributed by atoms with Gasteiger partial charge in [0.15, 0.2) is 0 Å². The first-order valence-corrected chi connectivity index (χ1v) is 62.3. The van der Waals surface area contributed by atoms with E-state index < -0.39 is 40.6 Å². The van der Waals surface area contributed by atoms with E-state index in [1.165, 1.54) is 151 Å². The number of hydrogen-bond acceptors (Lipinski definition) is 6. The number of rotatable bonds is 14. The van der Waals surface area contributed by atoms with Gasteiger partial charge in [-0.15, -0.1) is 0 Å². The van der Waals surface area contributed by atoms with Gasteiger partial charge in [-0.2, -0.15) is 20.0 Å². The second-order valence-corrected chi connectivity index (χ2v) is 55.6. The Morgan fingerprint density at radius 3 is 0.702 bits per heavy atom. The number of nitrogens with zero attached hydrogens (tertiary/aromatic N) is 6. The summed E-state index contributed by atoms with van der Waals surface area (Å²) in [5.74, 6) is 0.975. The van der Waals surface area contributed by atoms with Crippen LogP contribution >= 0.6 is 66.1 Å². The Hall–Kier alpha value is -5.03. The van der Waals surface area contributed by atoms with E-state index in [0.717, 1.165) is 61.7 Å². The molecule has 3 saturated carbocycles. The third-order valence-corrected chi connectivity index (χ3v) is 34.0. The molecule has 3 saturated heterocycles. The van der Waals surface area contributed by atoms with Crippen LogP contribution in [0.25, 0.3) is 0 Å². The van der Waals surface area contributed by atoms with Gasteiger partial charge < -0.3 is 29.4 Å². The Bertz CT molecular complexity index is 4220. The molecule has 0 atom stereocenters. The summed E-state index contributed by atoms with van der Waals surface area (Å²) in [6, 6.07) is 55.0. The molecule has 680 valence electrons. The molecule has 6 aliphatic rings. The summed E-state index contributed by atoms with van der Waals surface area (Å²) in [6.45, 7) is 56.8. The first kappa shape index (κ1) is 106. The number of aliphatic hydroxyl groups is 1. The third kappa shape index (κ3) is 32.2. The van der Waals surface area contributed by atoms with Gasteiger partial charge in [-0.05, 0) is 268 Å². The van der Waals surface area contributed by atoms with Crippen molar-refractivity contribution in [1.29, 1.82) is 0 Å². The minimum atomic E-state index is -1.75. The van der Waals surface area contributed by atoms with Crippen LogP contribution in [0.3, 0.4) is 0 Å². The summed E-state index contributed by atoms with van der Waals surface area (Å²) in [5, 5.41) is 0. The summed E-state index contributed by atoms with van der Waals surface area (Å²) < 4.78 is 10.3. The Morgan fingerprint density at radius 1 is 0.298 bits per heavy atom. The van der Waals surface area contributed by atoms with Crippen molar-refractivity contribution in [3.05, 3.63) is 309 Å². The molecule has 15 rings (SSSR count). The van der Waals surface area contributed by atoms with Gasteiger partial charge in [-0.25, -0.2) is 0 Å². The molecule has 0 unspecified atom stereocenters. The SMILES string of the molecule is C1CCC([PH+](C2CCCCC2)C2CCCCC2)CC1.CC(C)[OH+]c1ccccc1[CH]=[Ru]([Cl])[Cl].Cc1cc(C)c(N2[CH-]N(c3c(C)cc(C)cc3C)CC2)c(C)c1.Cc1cc(C)c(N2[CH-]N(c3c(C)cc(C)cc3C)CC2)c(C)c1.Cc1cc(C)c(N2[CH-]N(c3c(C)cc(C)cc3C)CC2)c(C)c1.[CH3+].[CH3+].[Cl][Ru]([Cl])=[CH]c1ccccc1.[Cl][Ru]([Cl])=[CH]c1ccccc1. The molecule has 0 spiro atoms. The number of anilines is 6. The summed E-state index contributed by atoms with van der Waals surface area (Å²) in [4.78, 5) is 14.4. The Labute approximate surface area is 793 Å². The maximum atomic E-state index is 5.83. The molecule has 7 nitrogen and oxygen atoms in total. The van der Waals surface area contributed by atoms with Crippen molar-refractivity contribution < 1.29 is 45.3 Å². The standard InChI is InChI=1S/3C21H27N2.C18H33P.C10H12O.2C7H6.2CH3.6ClH.3Ru/c3*1-14-9-16(3)20(17(4)10-14)22-7-8-23(13-22)21-18(5)11-15(2)12-19(21)6;1-4-10-16(11-5-1)19(17-12-6-2-7-13-17)18-14-8-3-9-15-18;1-8(2)11-10-7-5-4-6-9(10)3;2*1-7-5-3-2-4-6-7;;;;;;;;;;;/h3*9-13H,7-8H2,1-6H3;16-18H,1-15H2;3-8H,1-2H3;2*1-6H;2*1H3;6*1H;;;/q3*-1;;;;;2*+1;;;;;;;3*+2/p-4. The Kier molecular flexibility index (Phi) is 45.1. The zero-order chi connectivity index (χ0) is 88.4. The van der Waals surface area contributed by atoms with Crippen molar-refractivity contribution >= 4 is 114 Å². The number of benzene rings is 9. The van der Waals surface area contributed by atoms with Crippen LogP contribution < -0.4 is 29.4 Å². The third-order valence-electron chi connectivity index (χ3n) is 23.9. The van der Waals surface area contributed by atoms with Crippen LogP contribution in [0.2, 0.25) is 0 Å². The molecule has 1 N–H and O–H groups in total. The Balaban J connectivity index is 0.000000202. The number of aryl methyl sites for hydroxylation is 18. The molecule has 0 aromatic heterocycles. The summed E-state index contributed by atoms with van der Waals surface area (Å²) >= 11 is -4.98. The van der Waals surface area contributed by atoms with Gasteiger partial charge >= 0.3 is 245 Å². The molecule has 0 bridgehead atoms. The molecule has 3 aliphatic carbocycles. The number of hydrogen-bond donors (Lipinski definition) is 0. The van der Waals surface area contributed by atoms with Crippen molar-refractivity contribution in [2.75, 3.05) is 68.7 Å². The molecule has 3 aliphatic heterocycles. The molecule has 6 fully saturated rings. The van der Waals surface area contributed by atoms with E-state index in [2.05, 4.69) is 252 Å². The van der Waals surface area contributed by atoms with Crippen LogP contribution in [-0.2, 0) is 40.6 Å². The van der Waals surface area contributed by atoms with Gasteiger partial charge in [-0.3, -0.25) is 0 Å². The van der Waals surface area contributed by atoms with E-state index in [4.69, 9.17) is 58.1 Å². The molecule has 3 heterocycles. The van der Waals surface area contributed by atoms with Crippen LogP contribution in [0, 0.1) is 159 Å². The maximum absolute atomic E-state index is 5.83. The quantitative estimate of drug-likeness (QED) is 0.0467. The number of aromatic hydroxyl groups is 1. The van der Waals surface area contributed by atoms with Crippen LogP contribution in [0.1, 0.15) is 227 Å². The average Bonchev–Trinajstić information content (AvgIpc) is 1.62. The van der Waals surface area contributed by atoms with E-state index in [9.17, 15) is 0 Å². The van der Waals surface area contributed by atoms with E-state index in [0.29, 0.717) is 0 Å². The zero-order valence-corrected chi connectivity index (χ0v) is 89.3. The second kappa shape index (κ2) is 52.7. The first-order chi connectivity index (χ1) is 58.2. The number of halogens is 6. The van der Waals surface area contributed by atoms with Crippen molar-refractivity contribution in [1.82, 2.24) is 0 Å². The van der Waals surface area contributed by atoms with Crippen molar-refractivity contribution in [2.45, 2.75) is 258 Å². The van der Waals surface area contributed by atoms with E-state index in [1.54, 1.807) is 96.3 Å². The molecule has 124 heavy (non-hydrogen) atoms. The van der Waals surface area contributed by atoms with Crippen LogP contribution in [-0.4, -0.2) is 80.9 Å². The summed E-state index contributed by atoms with van der Waals surface area (Å²) in [6.07, 6.45) is 24.1. The van der Waals surface area contributed by atoms with Gasteiger partial charge in [0.2, 0.25) is 0 Å². The van der Waals surface area contributed by atoms with Crippen molar-refractivity contribution in [2.24, 2.45) is 0 Å². The average molecular weight is 2080 g/mol. The van der Waals surface area contributed by atoms with Crippen LogP contribution in [0.4, 0.5) is 34.1 Å². The fourth-order valence-electron chi connectivity index (χ4n) is 19.8. The monoisotopic (exact) mass is 2080 g/mol. The topological polar surface area (TPSA) is 32.2 Å². The fraction of sp³-hybridized carbons (Fsp3) is 0.421. The van der Waals surface area contributed by atoms with Crippen molar-refractivity contribution in [3.63, 3.8) is 0 Å². The normalized spacial score (nSPS) is 15.6. The predicted octanol–water partition coefficient (Wildman–Crippen LogP) is 31.0. The van der Waals surface area contributed by atoms with E-state index in [1.807, 2.05) is 113 Å². The van der Waals surface area contributed by atoms with E-state index >= 15 is 0 Å². The van der Waals surface area contributed by atoms with Gasteiger partial charge in [0.1, 0.15) is 0 Å². The zero-order valence-electron chi connectivity index (χ0n) is 78.6. The minimum absolute atomic E-state index is 0. The van der Waals surface area contributed by atoms with Gasteiger partial charge in [0.25, 0.3) is 0 Å². The molecule has 0 radical (unpaired) electrons. The number of para-hydroxylation sites is 1. The second-order valence-electron chi connectivity index (χ2n) is 35.0. The first-order valence-electron chi connectivity index (χ1n) is 44.1. The van der Waals surface area contributed by atoms with Gasteiger partial charge in [-0.1, -0.05) is 125 Å². The molecule has 0 amide bonds. The predicted molar refractivity (Wildman–Crippen MR) is 549 cm³/mol.